The Bertz CT molecular complexity index is 329. The number of carbonyl (C=O) groups excluding carboxylic acids is 2. The van der Waals surface area contributed by atoms with Crippen LogP contribution in [0.4, 0.5) is 4.79 Å². The molecule has 19 heavy (non-hydrogen) atoms. The molecule has 0 aromatic carbocycles. The maximum atomic E-state index is 11.7. The molecule has 1 aliphatic heterocycles. The molecule has 1 unspecified atom stereocenters. The van der Waals surface area contributed by atoms with Crippen molar-refractivity contribution < 1.29 is 14.7 Å². The van der Waals surface area contributed by atoms with Gasteiger partial charge in [-0.2, -0.15) is 0 Å². The Morgan fingerprint density at radius 2 is 1.89 bits per heavy atom. The molecule has 1 saturated carbocycles. The number of aliphatic hydroxyl groups is 1. The van der Waals surface area contributed by atoms with E-state index >= 15 is 0 Å². The summed E-state index contributed by atoms with van der Waals surface area (Å²) < 4.78 is 0. The highest BCUT2D eigenvalue weighted by atomic mass is 16.3. The minimum atomic E-state index is -0.394. The van der Waals surface area contributed by atoms with Gasteiger partial charge in [0.05, 0.1) is 12.6 Å². The third-order valence-corrected chi connectivity index (χ3v) is 3.79. The number of amides is 3. The first-order valence-corrected chi connectivity index (χ1v) is 7.14. The molecule has 108 valence electrons. The van der Waals surface area contributed by atoms with Crippen LogP contribution in [0.5, 0.6) is 0 Å². The fourth-order valence-corrected chi connectivity index (χ4v) is 2.84. The number of carbonyl (C=O) groups is 2. The maximum absolute atomic E-state index is 11.7. The Kier molecular flexibility index (Phi) is 5.15. The molecule has 6 heteroatoms. The predicted molar refractivity (Wildman–Crippen MR) is 70.6 cm³/mol. The topological polar surface area (TPSA) is 81.7 Å². The largest absolute Gasteiger partial charge is 0.392 e. The average molecular weight is 269 g/mol. The van der Waals surface area contributed by atoms with Crippen molar-refractivity contribution in [3.05, 3.63) is 0 Å². The molecule has 0 spiro atoms. The van der Waals surface area contributed by atoms with E-state index in [0.717, 1.165) is 45.1 Å². The molecule has 1 saturated heterocycles. The third kappa shape index (κ3) is 4.80. The lowest BCUT2D eigenvalue weighted by Crippen LogP contribution is -2.49. The van der Waals surface area contributed by atoms with Gasteiger partial charge in [-0.05, 0) is 32.2 Å². The predicted octanol–water partition coefficient (Wildman–Crippen LogP) is 0.212. The number of β-amino-alcohol motifs (C(OH)–C–C–N with tert-alkyl or cyclic N) is 1. The van der Waals surface area contributed by atoms with E-state index in [9.17, 15) is 14.7 Å². The van der Waals surface area contributed by atoms with E-state index in [1.807, 2.05) is 4.90 Å². The van der Waals surface area contributed by atoms with Crippen molar-refractivity contribution >= 4 is 11.9 Å². The number of piperidine rings is 1. The average Bonchev–Trinajstić information content (AvgIpc) is 2.81. The SMILES string of the molecule is O=C(CN1CCCC(O)C1)NC(=O)NC1CCCC1. The standard InChI is InChI=1S/C13H23N3O3/c17-11-6-3-7-16(8-11)9-12(18)15-13(19)14-10-4-1-2-5-10/h10-11,17H,1-9H2,(H2,14,15,18,19). The van der Waals surface area contributed by atoms with Crippen LogP contribution < -0.4 is 10.6 Å². The Labute approximate surface area is 113 Å². The Balaban J connectivity index is 1.66. The number of likely N-dealkylation sites (tertiary alicyclic amines) is 1. The number of hydrogen-bond acceptors (Lipinski definition) is 4. The van der Waals surface area contributed by atoms with Crippen LogP contribution in [-0.4, -0.2) is 53.7 Å². The number of imide groups is 1. The van der Waals surface area contributed by atoms with Gasteiger partial charge in [0.25, 0.3) is 0 Å². The molecule has 1 atom stereocenters. The van der Waals surface area contributed by atoms with Gasteiger partial charge in [0.15, 0.2) is 0 Å². The molecule has 1 aliphatic carbocycles. The fraction of sp³-hybridized carbons (Fsp3) is 0.846. The van der Waals surface area contributed by atoms with Gasteiger partial charge in [-0.3, -0.25) is 15.0 Å². The number of urea groups is 1. The Morgan fingerprint density at radius 3 is 2.58 bits per heavy atom. The Hall–Kier alpha value is -1.14. The van der Waals surface area contributed by atoms with Gasteiger partial charge >= 0.3 is 6.03 Å². The van der Waals surface area contributed by atoms with Crippen molar-refractivity contribution in [2.45, 2.75) is 50.7 Å². The number of aliphatic hydroxyl groups excluding tert-OH is 1. The van der Waals surface area contributed by atoms with Gasteiger partial charge in [0.2, 0.25) is 5.91 Å². The molecule has 3 amide bonds. The highest BCUT2D eigenvalue weighted by molar-refractivity contribution is 5.95. The second-order valence-corrected chi connectivity index (χ2v) is 5.53. The second-order valence-electron chi connectivity index (χ2n) is 5.53. The van der Waals surface area contributed by atoms with Gasteiger partial charge in [-0.1, -0.05) is 12.8 Å². The summed E-state index contributed by atoms with van der Waals surface area (Å²) in [5, 5.41) is 14.7. The highest BCUT2D eigenvalue weighted by Crippen LogP contribution is 2.17. The number of nitrogens with zero attached hydrogens (tertiary/aromatic N) is 1. The number of nitrogens with one attached hydrogen (secondary N) is 2. The minimum absolute atomic E-state index is 0.176. The summed E-state index contributed by atoms with van der Waals surface area (Å²) in [6, 6.07) is -0.181. The lowest BCUT2D eigenvalue weighted by Gasteiger charge is -2.29. The maximum Gasteiger partial charge on any atom is 0.321 e. The van der Waals surface area contributed by atoms with E-state index in [0.29, 0.717) is 6.54 Å². The lowest BCUT2D eigenvalue weighted by molar-refractivity contribution is -0.121. The molecule has 2 fully saturated rings. The molecule has 0 bridgehead atoms. The van der Waals surface area contributed by atoms with E-state index < -0.39 is 6.03 Å². The molecule has 1 heterocycles. The molecule has 0 radical (unpaired) electrons. The van der Waals surface area contributed by atoms with Crippen molar-refractivity contribution in [3.63, 3.8) is 0 Å². The first kappa shape index (κ1) is 14.3. The van der Waals surface area contributed by atoms with Crippen LogP contribution in [0.2, 0.25) is 0 Å². The molecule has 2 aliphatic rings. The van der Waals surface area contributed by atoms with Crippen LogP contribution in [0.1, 0.15) is 38.5 Å². The van der Waals surface area contributed by atoms with E-state index in [1.165, 1.54) is 0 Å². The quantitative estimate of drug-likeness (QED) is 0.684. The van der Waals surface area contributed by atoms with Crippen molar-refractivity contribution in [1.82, 2.24) is 15.5 Å². The summed E-state index contributed by atoms with van der Waals surface area (Å²) in [7, 11) is 0. The zero-order valence-electron chi connectivity index (χ0n) is 11.2. The van der Waals surface area contributed by atoms with Crippen LogP contribution in [-0.2, 0) is 4.79 Å². The molecule has 2 rings (SSSR count). The van der Waals surface area contributed by atoms with Crippen LogP contribution in [0.3, 0.4) is 0 Å². The second kappa shape index (κ2) is 6.86. The normalized spacial score (nSPS) is 25.2. The van der Waals surface area contributed by atoms with E-state index in [1.54, 1.807) is 0 Å². The van der Waals surface area contributed by atoms with E-state index in [4.69, 9.17) is 0 Å². The molecule has 6 nitrogen and oxygen atoms in total. The highest BCUT2D eigenvalue weighted by Gasteiger charge is 2.22. The van der Waals surface area contributed by atoms with Crippen molar-refractivity contribution in [2.75, 3.05) is 19.6 Å². The van der Waals surface area contributed by atoms with Crippen LogP contribution in [0, 0.1) is 0 Å². The van der Waals surface area contributed by atoms with Crippen molar-refractivity contribution in [3.8, 4) is 0 Å². The minimum Gasteiger partial charge on any atom is -0.392 e. The van der Waals surface area contributed by atoms with E-state index in [-0.39, 0.29) is 24.6 Å². The van der Waals surface area contributed by atoms with Gasteiger partial charge in [0.1, 0.15) is 0 Å². The van der Waals surface area contributed by atoms with Gasteiger partial charge < -0.3 is 10.4 Å². The Morgan fingerprint density at radius 1 is 1.16 bits per heavy atom. The third-order valence-electron chi connectivity index (χ3n) is 3.79. The van der Waals surface area contributed by atoms with E-state index in [2.05, 4.69) is 10.6 Å². The molecule has 0 aromatic heterocycles. The molecule has 3 N–H and O–H groups in total. The molecular weight excluding hydrogens is 246 g/mol. The number of rotatable bonds is 3. The lowest BCUT2D eigenvalue weighted by atomic mass is 10.1. The summed E-state index contributed by atoms with van der Waals surface area (Å²) in [5.41, 5.74) is 0. The molecular formula is C13H23N3O3. The zero-order valence-corrected chi connectivity index (χ0v) is 11.2. The van der Waals surface area contributed by atoms with Crippen LogP contribution >= 0.6 is 0 Å². The summed E-state index contributed by atoms with van der Waals surface area (Å²) in [6.45, 7) is 1.49. The smallest absolute Gasteiger partial charge is 0.321 e. The van der Waals surface area contributed by atoms with Gasteiger partial charge in [0, 0.05) is 12.6 Å². The van der Waals surface area contributed by atoms with Gasteiger partial charge in [-0.15, -0.1) is 0 Å². The van der Waals surface area contributed by atoms with Crippen LogP contribution in [0.15, 0.2) is 0 Å². The van der Waals surface area contributed by atoms with Crippen LogP contribution in [0.25, 0.3) is 0 Å². The summed E-state index contributed by atoms with van der Waals surface area (Å²) in [6.07, 6.45) is 5.62. The number of hydrogen-bond donors (Lipinski definition) is 3. The summed E-state index contributed by atoms with van der Waals surface area (Å²) in [5.74, 6) is -0.301. The summed E-state index contributed by atoms with van der Waals surface area (Å²) >= 11 is 0. The van der Waals surface area contributed by atoms with Gasteiger partial charge in [-0.25, -0.2) is 4.79 Å². The monoisotopic (exact) mass is 269 g/mol. The first-order valence-electron chi connectivity index (χ1n) is 7.14. The van der Waals surface area contributed by atoms with Crippen molar-refractivity contribution in [2.24, 2.45) is 0 Å². The summed E-state index contributed by atoms with van der Waals surface area (Å²) in [4.78, 5) is 25.2. The zero-order chi connectivity index (χ0) is 13.7. The fourth-order valence-electron chi connectivity index (χ4n) is 2.84. The molecule has 0 aromatic rings. The first-order chi connectivity index (χ1) is 9.13. The van der Waals surface area contributed by atoms with Crippen molar-refractivity contribution in [1.29, 1.82) is 0 Å².